The molecule has 5 heteroatoms. The molecule has 20 heavy (non-hydrogen) atoms. The molecule has 0 saturated carbocycles. The normalized spacial score (nSPS) is 18.5. The monoisotopic (exact) mass is 272 g/mol. The number of carbonyl (C=O) groups excluding carboxylic acids is 2. The van der Waals surface area contributed by atoms with E-state index in [1.54, 1.807) is 6.07 Å². The third-order valence-corrected chi connectivity index (χ3v) is 3.56. The molecule has 1 fully saturated rings. The van der Waals surface area contributed by atoms with Crippen molar-refractivity contribution in [3.63, 3.8) is 0 Å². The Morgan fingerprint density at radius 1 is 1.55 bits per heavy atom. The quantitative estimate of drug-likeness (QED) is 0.781. The number of hydrogen-bond acceptors (Lipinski definition) is 4. The molecule has 1 atom stereocenters. The fraction of sp³-hybridized carbons (Fsp3) is 0.400. The summed E-state index contributed by atoms with van der Waals surface area (Å²) < 4.78 is 4.57. The molecule has 1 heterocycles. The van der Waals surface area contributed by atoms with Crippen LogP contribution < -0.4 is 0 Å². The molecule has 1 aliphatic rings. The lowest BCUT2D eigenvalue weighted by Crippen LogP contribution is -2.41. The summed E-state index contributed by atoms with van der Waals surface area (Å²) in [5, 5.41) is 8.90. The van der Waals surface area contributed by atoms with E-state index in [4.69, 9.17) is 5.26 Å². The second-order valence-corrected chi connectivity index (χ2v) is 4.82. The van der Waals surface area contributed by atoms with Crippen molar-refractivity contribution in [3.8, 4) is 6.07 Å². The van der Waals surface area contributed by atoms with E-state index in [0.717, 1.165) is 12.0 Å². The number of carbonyl (C=O) groups is 2. The average Bonchev–Trinajstić information content (AvgIpc) is 2.49. The number of benzene rings is 1. The predicted molar refractivity (Wildman–Crippen MR) is 71.7 cm³/mol. The van der Waals surface area contributed by atoms with Crippen LogP contribution in [0.15, 0.2) is 24.3 Å². The number of methoxy groups -OCH3 is 1. The SMILES string of the molecule is COC(=O)CN1CC[C@@H](c2cccc(C#N)c2)CC1=O. The first-order valence-electron chi connectivity index (χ1n) is 6.48. The summed E-state index contributed by atoms with van der Waals surface area (Å²) >= 11 is 0. The van der Waals surface area contributed by atoms with E-state index in [9.17, 15) is 9.59 Å². The molecular weight excluding hydrogens is 256 g/mol. The fourth-order valence-electron chi connectivity index (χ4n) is 2.41. The van der Waals surface area contributed by atoms with Crippen molar-refractivity contribution in [2.75, 3.05) is 20.2 Å². The standard InChI is InChI=1S/C15H16N2O3/c1-20-15(19)10-17-6-5-13(8-14(17)18)12-4-2-3-11(7-12)9-16/h2-4,7,13H,5-6,8,10H2,1H3/t13-/m1/s1. The van der Waals surface area contributed by atoms with Crippen molar-refractivity contribution in [2.24, 2.45) is 0 Å². The van der Waals surface area contributed by atoms with Gasteiger partial charge in [0.05, 0.1) is 18.7 Å². The minimum atomic E-state index is -0.400. The fourth-order valence-corrected chi connectivity index (χ4v) is 2.41. The van der Waals surface area contributed by atoms with Gasteiger partial charge in [-0.2, -0.15) is 5.26 Å². The zero-order chi connectivity index (χ0) is 14.5. The number of piperidine rings is 1. The van der Waals surface area contributed by atoms with Gasteiger partial charge in [0.15, 0.2) is 0 Å². The number of nitrogens with zero attached hydrogens (tertiary/aromatic N) is 2. The van der Waals surface area contributed by atoms with Gasteiger partial charge in [0.25, 0.3) is 0 Å². The van der Waals surface area contributed by atoms with Crippen LogP contribution in [0, 0.1) is 11.3 Å². The van der Waals surface area contributed by atoms with E-state index in [1.807, 2.05) is 18.2 Å². The van der Waals surface area contributed by atoms with Crippen LogP contribution in [0.2, 0.25) is 0 Å². The highest BCUT2D eigenvalue weighted by Gasteiger charge is 2.28. The second-order valence-electron chi connectivity index (χ2n) is 4.82. The van der Waals surface area contributed by atoms with E-state index < -0.39 is 5.97 Å². The van der Waals surface area contributed by atoms with Crippen LogP contribution in [-0.2, 0) is 14.3 Å². The maximum Gasteiger partial charge on any atom is 0.325 e. The lowest BCUT2D eigenvalue weighted by molar-refractivity contribution is -0.148. The van der Waals surface area contributed by atoms with Crippen molar-refractivity contribution in [1.29, 1.82) is 5.26 Å². The second kappa shape index (κ2) is 6.20. The summed E-state index contributed by atoms with van der Waals surface area (Å²) in [6.07, 6.45) is 1.16. The van der Waals surface area contributed by atoms with Gasteiger partial charge in [-0.3, -0.25) is 9.59 Å². The molecule has 0 aromatic heterocycles. The van der Waals surface area contributed by atoms with Gasteiger partial charge in [-0.15, -0.1) is 0 Å². The first-order valence-corrected chi connectivity index (χ1v) is 6.48. The highest BCUT2D eigenvalue weighted by atomic mass is 16.5. The van der Waals surface area contributed by atoms with Crippen LogP contribution in [0.5, 0.6) is 0 Å². The Morgan fingerprint density at radius 2 is 2.35 bits per heavy atom. The highest BCUT2D eigenvalue weighted by molar-refractivity contribution is 5.83. The van der Waals surface area contributed by atoms with Crippen LogP contribution in [0.3, 0.4) is 0 Å². The van der Waals surface area contributed by atoms with Crippen LogP contribution in [0.4, 0.5) is 0 Å². The number of esters is 1. The van der Waals surface area contributed by atoms with Crippen LogP contribution in [0.1, 0.15) is 29.9 Å². The largest absolute Gasteiger partial charge is 0.468 e. The van der Waals surface area contributed by atoms with E-state index in [-0.39, 0.29) is 18.4 Å². The van der Waals surface area contributed by atoms with E-state index >= 15 is 0 Å². The Labute approximate surface area is 117 Å². The summed E-state index contributed by atoms with van der Waals surface area (Å²) in [4.78, 5) is 24.8. The molecule has 1 aromatic rings. The maximum absolute atomic E-state index is 12.0. The molecule has 0 spiro atoms. The first-order chi connectivity index (χ1) is 9.63. The van der Waals surface area contributed by atoms with Crippen LogP contribution in [0.25, 0.3) is 0 Å². The Morgan fingerprint density at radius 3 is 3.00 bits per heavy atom. The first kappa shape index (κ1) is 14.1. The molecule has 2 rings (SSSR count). The van der Waals surface area contributed by atoms with E-state index in [2.05, 4.69) is 10.8 Å². The summed E-state index contributed by atoms with van der Waals surface area (Å²) in [6, 6.07) is 9.45. The van der Waals surface area contributed by atoms with Gasteiger partial charge in [0, 0.05) is 13.0 Å². The molecule has 1 aliphatic heterocycles. The van der Waals surface area contributed by atoms with Crippen molar-refractivity contribution >= 4 is 11.9 Å². The molecule has 104 valence electrons. The van der Waals surface area contributed by atoms with Gasteiger partial charge in [0.2, 0.25) is 5.91 Å². The van der Waals surface area contributed by atoms with Crippen molar-refractivity contribution in [2.45, 2.75) is 18.8 Å². The summed E-state index contributed by atoms with van der Waals surface area (Å²) in [5.74, 6) is -0.331. The summed E-state index contributed by atoms with van der Waals surface area (Å²) in [5.41, 5.74) is 1.61. The molecule has 1 aromatic carbocycles. The highest BCUT2D eigenvalue weighted by Crippen LogP contribution is 2.29. The Bertz CT molecular complexity index is 562. The minimum Gasteiger partial charge on any atom is -0.468 e. The van der Waals surface area contributed by atoms with E-state index in [0.29, 0.717) is 18.5 Å². The third-order valence-electron chi connectivity index (χ3n) is 3.56. The smallest absolute Gasteiger partial charge is 0.325 e. The van der Waals surface area contributed by atoms with E-state index in [1.165, 1.54) is 12.0 Å². The lowest BCUT2D eigenvalue weighted by atomic mass is 9.88. The van der Waals surface area contributed by atoms with Gasteiger partial charge < -0.3 is 9.64 Å². The van der Waals surface area contributed by atoms with Crippen LogP contribution >= 0.6 is 0 Å². The number of nitriles is 1. The number of rotatable bonds is 3. The molecule has 5 nitrogen and oxygen atoms in total. The van der Waals surface area contributed by atoms with Gasteiger partial charge in [-0.05, 0) is 30.0 Å². The summed E-state index contributed by atoms with van der Waals surface area (Å²) in [7, 11) is 1.31. The van der Waals surface area contributed by atoms with Gasteiger partial charge in [0.1, 0.15) is 6.54 Å². The molecule has 1 saturated heterocycles. The topological polar surface area (TPSA) is 70.4 Å². The summed E-state index contributed by atoms with van der Waals surface area (Å²) in [6.45, 7) is 0.551. The Balaban J connectivity index is 2.03. The number of likely N-dealkylation sites (tertiary alicyclic amines) is 1. The molecular formula is C15H16N2O3. The molecule has 1 amide bonds. The number of amides is 1. The maximum atomic E-state index is 12.0. The van der Waals surface area contributed by atoms with Gasteiger partial charge in [-0.1, -0.05) is 12.1 Å². The average molecular weight is 272 g/mol. The Kier molecular flexibility index (Phi) is 4.36. The minimum absolute atomic E-state index is 0.0142. The number of ether oxygens (including phenoxy) is 1. The third kappa shape index (κ3) is 3.15. The molecule has 0 N–H and O–H groups in total. The zero-order valence-electron chi connectivity index (χ0n) is 11.3. The molecule has 0 aliphatic carbocycles. The van der Waals surface area contributed by atoms with Crippen LogP contribution in [-0.4, -0.2) is 37.0 Å². The number of hydrogen-bond donors (Lipinski definition) is 0. The molecule has 0 unspecified atom stereocenters. The lowest BCUT2D eigenvalue weighted by Gasteiger charge is -2.31. The van der Waals surface area contributed by atoms with Gasteiger partial charge in [-0.25, -0.2) is 0 Å². The predicted octanol–water partition coefficient (Wildman–Crippen LogP) is 1.44. The van der Waals surface area contributed by atoms with Crippen molar-refractivity contribution < 1.29 is 14.3 Å². The molecule has 0 bridgehead atoms. The van der Waals surface area contributed by atoms with Crippen molar-refractivity contribution in [3.05, 3.63) is 35.4 Å². The molecule has 0 radical (unpaired) electrons. The van der Waals surface area contributed by atoms with Crippen molar-refractivity contribution in [1.82, 2.24) is 4.90 Å². The van der Waals surface area contributed by atoms with Gasteiger partial charge >= 0.3 is 5.97 Å². The Hall–Kier alpha value is -2.35. The zero-order valence-corrected chi connectivity index (χ0v) is 11.3.